The van der Waals surface area contributed by atoms with Gasteiger partial charge in [-0.3, -0.25) is 4.79 Å². The zero-order valence-corrected chi connectivity index (χ0v) is 15.0. The van der Waals surface area contributed by atoms with Crippen LogP contribution in [0.5, 0.6) is 0 Å². The summed E-state index contributed by atoms with van der Waals surface area (Å²) in [5, 5.41) is 4.63. The van der Waals surface area contributed by atoms with Crippen LogP contribution in [0.25, 0.3) is 0 Å². The molecule has 1 unspecified atom stereocenters. The van der Waals surface area contributed by atoms with Gasteiger partial charge in [0.15, 0.2) is 0 Å². The van der Waals surface area contributed by atoms with E-state index < -0.39 is 10.0 Å². The van der Waals surface area contributed by atoms with Crippen LogP contribution in [0.4, 0.5) is 0 Å². The van der Waals surface area contributed by atoms with Gasteiger partial charge in [-0.2, -0.15) is 4.31 Å². The molecule has 1 atom stereocenters. The summed E-state index contributed by atoms with van der Waals surface area (Å²) in [6.07, 6.45) is 2.21. The molecule has 0 aromatic carbocycles. The molecule has 130 valence electrons. The SMILES string of the molecule is CCOCCCNC(=O)C1CCCN(S(=O)(=O)c2cccs2)C1. The zero-order valence-electron chi connectivity index (χ0n) is 13.4. The molecule has 0 bridgehead atoms. The third kappa shape index (κ3) is 5.00. The Labute approximate surface area is 141 Å². The minimum absolute atomic E-state index is 0.0624. The maximum absolute atomic E-state index is 12.5. The maximum Gasteiger partial charge on any atom is 0.252 e. The fourth-order valence-corrected chi connectivity index (χ4v) is 5.26. The van der Waals surface area contributed by atoms with Gasteiger partial charge in [0.25, 0.3) is 10.0 Å². The normalized spacial score (nSPS) is 19.6. The van der Waals surface area contributed by atoms with Gasteiger partial charge in [0, 0.05) is 32.8 Å². The fraction of sp³-hybridized carbons (Fsp3) is 0.667. The molecule has 1 aliphatic heterocycles. The summed E-state index contributed by atoms with van der Waals surface area (Å²) >= 11 is 1.21. The van der Waals surface area contributed by atoms with Crippen LogP contribution in [0.2, 0.25) is 0 Å². The molecule has 1 N–H and O–H groups in total. The summed E-state index contributed by atoms with van der Waals surface area (Å²) < 4.78 is 32.1. The Morgan fingerprint density at radius 2 is 2.35 bits per heavy atom. The number of carbonyl (C=O) groups excluding carboxylic acids is 1. The molecule has 1 amide bonds. The number of ether oxygens (including phenoxy) is 1. The van der Waals surface area contributed by atoms with Crippen molar-refractivity contribution in [3.05, 3.63) is 17.5 Å². The van der Waals surface area contributed by atoms with Crippen molar-refractivity contribution in [1.82, 2.24) is 9.62 Å². The summed E-state index contributed by atoms with van der Waals surface area (Å²) in [5.41, 5.74) is 0. The summed E-state index contributed by atoms with van der Waals surface area (Å²) in [7, 11) is -3.47. The Hall–Kier alpha value is -0.960. The maximum atomic E-state index is 12.5. The van der Waals surface area contributed by atoms with Crippen molar-refractivity contribution in [1.29, 1.82) is 0 Å². The molecule has 1 aromatic rings. The summed E-state index contributed by atoms with van der Waals surface area (Å²) in [4.78, 5) is 12.2. The standard InChI is InChI=1S/C15H24N2O4S2/c1-2-21-10-5-8-16-15(18)13-6-3-9-17(12-13)23(19,20)14-7-4-11-22-14/h4,7,11,13H,2-3,5-6,8-10,12H2,1H3,(H,16,18). The van der Waals surface area contributed by atoms with Gasteiger partial charge in [0.05, 0.1) is 5.92 Å². The Balaban J connectivity index is 1.87. The van der Waals surface area contributed by atoms with Crippen LogP contribution in [0.3, 0.4) is 0 Å². The molecule has 1 saturated heterocycles. The van der Waals surface area contributed by atoms with Crippen molar-refractivity contribution >= 4 is 27.3 Å². The zero-order chi connectivity index (χ0) is 16.7. The number of piperidine rings is 1. The van der Waals surface area contributed by atoms with Crippen LogP contribution >= 0.6 is 11.3 Å². The van der Waals surface area contributed by atoms with Gasteiger partial charge in [0.1, 0.15) is 4.21 Å². The minimum Gasteiger partial charge on any atom is -0.382 e. The van der Waals surface area contributed by atoms with Crippen LogP contribution in [-0.4, -0.2) is 51.5 Å². The second kappa shape index (κ2) is 8.77. The first-order chi connectivity index (χ1) is 11.1. The number of amides is 1. The highest BCUT2D eigenvalue weighted by molar-refractivity contribution is 7.91. The molecule has 0 aliphatic carbocycles. The van der Waals surface area contributed by atoms with E-state index in [1.54, 1.807) is 17.5 Å². The van der Waals surface area contributed by atoms with E-state index in [9.17, 15) is 13.2 Å². The average Bonchev–Trinajstić information content (AvgIpc) is 3.10. The number of sulfonamides is 1. The number of thiophene rings is 1. The van der Waals surface area contributed by atoms with Gasteiger partial charge < -0.3 is 10.1 Å². The quantitative estimate of drug-likeness (QED) is 0.716. The number of nitrogens with zero attached hydrogens (tertiary/aromatic N) is 1. The predicted octanol–water partition coefficient (Wildman–Crippen LogP) is 1.69. The van der Waals surface area contributed by atoms with E-state index in [-0.39, 0.29) is 18.4 Å². The van der Waals surface area contributed by atoms with Crippen molar-refractivity contribution in [2.45, 2.75) is 30.4 Å². The Bertz CT molecular complexity index is 587. The minimum atomic E-state index is -3.47. The highest BCUT2D eigenvalue weighted by atomic mass is 32.2. The highest BCUT2D eigenvalue weighted by Gasteiger charge is 2.33. The smallest absolute Gasteiger partial charge is 0.252 e. The average molecular weight is 361 g/mol. The van der Waals surface area contributed by atoms with E-state index in [1.807, 2.05) is 6.92 Å². The molecule has 0 spiro atoms. The van der Waals surface area contributed by atoms with Gasteiger partial charge in [0.2, 0.25) is 5.91 Å². The van der Waals surface area contributed by atoms with E-state index in [2.05, 4.69) is 5.32 Å². The van der Waals surface area contributed by atoms with Crippen molar-refractivity contribution < 1.29 is 17.9 Å². The van der Waals surface area contributed by atoms with Crippen molar-refractivity contribution in [3.8, 4) is 0 Å². The first-order valence-electron chi connectivity index (χ1n) is 7.94. The number of carbonyl (C=O) groups is 1. The van der Waals surface area contributed by atoms with Gasteiger partial charge in [-0.15, -0.1) is 11.3 Å². The van der Waals surface area contributed by atoms with Gasteiger partial charge >= 0.3 is 0 Å². The van der Waals surface area contributed by atoms with Crippen molar-refractivity contribution in [2.24, 2.45) is 5.92 Å². The van der Waals surface area contributed by atoms with Crippen LogP contribution in [-0.2, 0) is 19.6 Å². The topological polar surface area (TPSA) is 75.7 Å². The van der Waals surface area contributed by atoms with Crippen molar-refractivity contribution in [2.75, 3.05) is 32.8 Å². The molecule has 2 rings (SSSR count). The predicted molar refractivity (Wildman–Crippen MR) is 89.9 cm³/mol. The molecule has 6 nitrogen and oxygen atoms in total. The molecular weight excluding hydrogens is 336 g/mol. The van der Waals surface area contributed by atoms with E-state index in [0.29, 0.717) is 36.9 Å². The first-order valence-corrected chi connectivity index (χ1v) is 10.3. The lowest BCUT2D eigenvalue weighted by molar-refractivity contribution is -0.126. The van der Waals surface area contributed by atoms with Crippen LogP contribution in [0, 0.1) is 5.92 Å². The third-order valence-corrected chi connectivity index (χ3v) is 7.05. The highest BCUT2D eigenvalue weighted by Crippen LogP contribution is 2.26. The van der Waals surface area contributed by atoms with Gasteiger partial charge in [-0.25, -0.2) is 8.42 Å². The van der Waals surface area contributed by atoms with Crippen LogP contribution in [0.1, 0.15) is 26.2 Å². The van der Waals surface area contributed by atoms with Crippen LogP contribution < -0.4 is 5.32 Å². The molecule has 2 heterocycles. The molecule has 8 heteroatoms. The largest absolute Gasteiger partial charge is 0.382 e. The Kier molecular flexibility index (Phi) is 7.01. The van der Waals surface area contributed by atoms with Crippen LogP contribution in [0.15, 0.2) is 21.7 Å². The van der Waals surface area contributed by atoms with E-state index >= 15 is 0 Å². The van der Waals surface area contributed by atoms with E-state index in [4.69, 9.17) is 4.74 Å². The Morgan fingerprint density at radius 1 is 1.52 bits per heavy atom. The van der Waals surface area contributed by atoms with E-state index in [1.165, 1.54) is 15.6 Å². The molecule has 0 radical (unpaired) electrons. The molecule has 1 fully saturated rings. The number of hydrogen-bond donors (Lipinski definition) is 1. The fourth-order valence-electron chi connectivity index (χ4n) is 2.59. The Morgan fingerprint density at radius 3 is 3.04 bits per heavy atom. The second-order valence-corrected chi connectivity index (χ2v) is 8.59. The summed E-state index contributed by atoms with van der Waals surface area (Å²) in [5.74, 6) is -0.335. The lowest BCUT2D eigenvalue weighted by Crippen LogP contribution is -2.45. The monoisotopic (exact) mass is 360 g/mol. The third-order valence-electron chi connectivity index (χ3n) is 3.81. The first kappa shape index (κ1) is 18.4. The molecular formula is C15H24N2O4S2. The molecule has 23 heavy (non-hydrogen) atoms. The molecule has 1 aromatic heterocycles. The summed E-state index contributed by atoms with van der Waals surface area (Å²) in [6.45, 7) is 4.54. The lowest BCUT2D eigenvalue weighted by atomic mass is 9.99. The van der Waals surface area contributed by atoms with Crippen molar-refractivity contribution in [3.63, 3.8) is 0 Å². The van der Waals surface area contributed by atoms with Gasteiger partial charge in [-0.1, -0.05) is 6.07 Å². The van der Waals surface area contributed by atoms with Gasteiger partial charge in [-0.05, 0) is 37.6 Å². The number of rotatable bonds is 8. The number of hydrogen-bond acceptors (Lipinski definition) is 5. The molecule has 0 saturated carbocycles. The molecule has 1 aliphatic rings. The summed E-state index contributed by atoms with van der Waals surface area (Å²) in [6, 6.07) is 3.33. The van der Waals surface area contributed by atoms with E-state index in [0.717, 1.165) is 12.8 Å². The second-order valence-electron chi connectivity index (χ2n) is 5.48. The lowest BCUT2D eigenvalue weighted by Gasteiger charge is -2.30. The number of nitrogens with one attached hydrogen (secondary N) is 1.